The lowest BCUT2D eigenvalue weighted by atomic mass is 10.1. The Morgan fingerprint density at radius 3 is 2.22 bits per heavy atom. The van der Waals surface area contributed by atoms with Crippen molar-refractivity contribution in [3.63, 3.8) is 0 Å². The number of benzene rings is 1. The second-order valence-electron chi connectivity index (χ2n) is 11.0. The number of hydrogen-bond acceptors (Lipinski definition) is 10. The van der Waals surface area contributed by atoms with E-state index in [9.17, 15) is 33.6 Å². The fourth-order valence-electron chi connectivity index (χ4n) is 3.49. The van der Waals surface area contributed by atoms with Crippen LogP contribution in [0.3, 0.4) is 0 Å². The quantitative estimate of drug-likeness (QED) is 0.0879. The Balaban J connectivity index is 0.000000607. The molecule has 0 spiro atoms. The molecule has 0 bridgehead atoms. The second kappa shape index (κ2) is 26.3. The minimum absolute atomic E-state index is 0.000981. The first-order valence-corrected chi connectivity index (χ1v) is 17.3. The molecule has 3 rings (SSSR count). The van der Waals surface area contributed by atoms with E-state index in [1.807, 2.05) is 13.0 Å². The first-order chi connectivity index (χ1) is 23.6. The molecule has 0 aliphatic heterocycles. The van der Waals surface area contributed by atoms with Gasteiger partial charge in [0.25, 0.3) is 5.91 Å². The molecule has 15 nitrogen and oxygen atoms in total. The number of aromatic nitrogens is 2. The van der Waals surface area contributed by atoms with Crippen molar-refractivity contribution in [2.75, 3.05) is 32.8 Å². The lowest BCUT2D eigenvalue weighted by molar-refractivity contribution is -0.130. The average molecular weight is 701 g/mol. The van der Waals surface area contributed by atoms with Gasteiger partial charge in [0.2, 0.25) is 23.6 Å². The van der Waals surface area contributed by atoms with Gasteiger partial charge in [0.05, 0.1) is 25.3 Å². The highest BCUT2D eigenvalue weighted by Gasteiger charge is 2.22. The molecule has 2 aromatic rings. The van der Waals surface area contributed by atoms with Crippen molar-refractivity contribution >= 4 is 50.8 Å². The van der Waals surface area contributed by atoms with Crippen molar-refractivity contribution in [3.8, 4) is 0 Å². The van der Waals surface area contributed by atoms with Gasteiger partial charge in [0, 0.05) is 44.4 Å². The third-order valence-electron chi connectivity index (χ3n) is 6.58. The lowest BCUT2D eigenvalue weighted by Gasteiger charge is -2.19. The van der Waals surface area contributed by atoms with Crippen molar-refractivity contribution in [2.45, 2.75) is 64.5 Å². The Kier molecular flexibility index (Phi) is 22.8. The molecular weight excluding hydrogens is 651 g/mol. The van der Waals surface area contributed by atoms with E-state index in [0.29, 0.717) is 24.7 Å². The molecule has 16 heteroatoms. The van der Waals surface area contributed by atoms with Gasteiger partial charge in [-0.1, -0.05) is 57.0 Å². The summed E-state index contributed by atoms with van der Waals surface area (Å²) in [6.45, 7) is 4.31. The predicted octanol–water partition coefficient (Wildman–Crippen LogP) is 0.455. The van der Waals surface area contributed by atoms with Crippen molar-refractivity contribution < 1.29 is 33.6 Å². The first kappa shape index (κ1) is 42.4. The van der Waals surface area contributed by atoms with Gasteiger partial charge in [-0.25, -0.2) is 4.98 Å². The maximum Gasteiger partial charge on any atom is 0.271 e. The number of carbonyl (C=O) groups is 7. The average Bonchev–Trinajstić information content (AvgIpc) is 3.92. The van der Waals surface area contributed by atoms with Crippen LogP contribution in [0.25, 0.3) is 0 Å². The molecule has 1 aromatic heterocycles. The smallest absolute Gasteiger partial charge is 0.271 e. The Hall–Kier alpha value is -4.62. The molecule has 6 N–H and O–H groups in total. The standard InChI is InChI=1S/C21H30N5O6P.C8H11N3O.C4H8/c1-22-16(13-28)14-33-26-20(31)12-24-21(32)17(10-15-6-3-2-4-7-15)25-19(30)11-23-18(29)8-5-9-27;1-2-3-11-8(12)7-6-9-4-5-10-7;1-4-2-3-4/h2-4,6-7,9,13,16-17,22,33H,5,8,10-12,14H2,1H3,(H,23,29)(H,24,32)(H,25,30)(H,26,31);4-6H,2-3H2,1H3,(H,11,12);4H,2-3H2,1H3/t16-,17+;;/m1../s1. The molecule has 5 amide bonds. The van der Waals surface area contributed by atoms with Crippen molar-refractivity contribution in [3.05, 3.63) is 60.2 Å². The Morgan fingerprint density at radius 2 is 1.65 bits per heavy atom. The van der Waals surface area contributed by atoms with E-state index < -0.39 is 29.7 Å². The lowest BCUT2D eigenvalue weighted by Crippen LogP contribution is -2.51. The molecule has 0 saturated heterocycles. The Bertz CT molecular complexity index is 1300. The van der Waals surface area contributed by atoms with Crippen LogP contribution in [-0.4, -0.2) is 97.0 Å². The summed E-state index contributed by atoms with van der Waals surface area (Å²) in [5.74, 6) is -1.09. The minimum Gasteiger partial charge on any atom is -0.351 e. The highest BCUT2D eigenvalue weighted by atomic mass is 31.1. The van der Waals surface area contributed by atoms with Gasteiger partial charge in [-0.3, -0.25) is 29.0 Å². The summed E-state index contributed by atoms with van der Waals surface area (Å²) >= 11 is 0. The summed E-state index contributed by atoms with van der Waals surface area (Å²) in [5.41, 5.74) is 1.16. The van der Waals surface area contributed by atoms with Crippen LogP contribution in [0.1, 0.15) is 62.0 Å². The zero-order valence-corrected chi connectivity index (χ0v) is 29.3. The van der Waals surface area contributed by atoms with E-state index in [-0.39, 0.29) is 53.0 Å². The van der Waals surface area contributed by atoms with Crippen molar-refractivity contribution in [2.24, 2.45) is 5.92 Å². The Labute approximate surface area is 289 Å². The van der Waals surface area contributed by atoms with E-state index in [0.717, 1.165) is 24.2 Å². The van der Waals surface area contributed by atoms with Gasteiger partial charge in [-0.05, 0) is 33.7 Å². The molecule has 1 saturated carbocycles. The van der Waals surface area contributed by atoms with E-state index in [2.05, 4.69) is 48.6 Å². The maximum atomic E-state index is 12.7. The second-order valence-corrected chi connectivity index (χ2v) is 12.0. The van der Waals surface area contributed by atoms with Crippen LogP contribution < -0.4 is 31.7 Å². The van der Waals surface area contributed by atoms with Gasteiger partial charge in [-0.2, -0.15) is 0 Å². The first-order valence-electron chi connectivity index (χ1n) is 16.1. The highest BCUT2D eigenvalue weighted by molar-refractivity contribution is 7.36. The third kappa shape index (κ3) is 21.8. The fourth-order valence-corrected chi connectivity index (χ4v) is 4.39. The molecule has 3 atom stereocenters. The number of amides is 5. The van der Waals surface area contributed by atoms with Gasteiger partial charge in [-0.15, -0.1) is 0 Å². The SMILES string of the molecule is CC1CC1.CCCNC(=O)c1cnccn1.CN[C@H](C=O)CPNC(=O)CNC(=O)[C@H](Cc1ccccc1)NC(=O)CNC(=O)CCC=O. The summed E-state index contributed by atoms with van der Waals surface area (Å²) in [6, 6.07) is 7.69. The number of rotatable bonds is 19. The largest absolute Gasteiger partial charge is 0.351 e. The minimum atomic E-state index is -0.967. The monoisotopic (exact) mass is 700 g/mol. The fraction of sp³-hybridized carbons (Fsp3) is 0.485. The van der Waals surface area contributed by atoms with Gasteiger partial charge >= 0.3 is 0 Å². The number of aldehydes is 2. The molecule has 49 heavy (non-hydrogen) atoms. The van der Waals surface area contributed by atoms with Crippen LogP contribution in [0.5, 0.6) is 0 Å². The van der Waals surface area contributed by atoms with Crippen LogP contribution in [0.15, 0.2) is 48.9 Å². The molecule has 1 aromatic carbocycles. The van der Waals surface area contributed by atoms with Crippen LogP contribution >= 0.6 is 8.73 Å². The van der Waals surface area contributed by atoms with E-state index in [4.69, 9.17) is 0 Å². The number of likely N-dealkylation sites (N-methyl/N-ethyl adjacent to an activating group) is 1. The van der Waals surface area contributed by atoms with Crippen molar-refractivity contribution in [1.82, 2.24) is 41.6 Å². The number of nitrogens with one attached hydrogen (secondary N) is 6. The summed E-state index contributed by atoms with van der Waals surface area (Å²) in [5, 5.41) is 15.6. The molecule has 1 fully saturated rings. The number of hydrogen-bond donors (Lipinski definition) is 6. The van der Waals surface area contributed by atoms with Gasteiger partial charge in [0.15, 0.2) is 0 Å². The zero-order chi connectivity index (χ0) is 36.3. The van der Waals surface area contributed by atoms with Crippen LogP contribution in [0.2, 0.25) is 0 Å². The van der Waals surface area contributed by atoms with Gasteiger partial charge < -0.3 is 41.3 Å². The maximum absolute atomic E-state index is 12.7. The molecule has 1 aliphatic carbocycles. The number of carbonyl (C=O) groups excluding carboxylic acids is 7. The van der Waals surface area contributed by atoms with Gasteiger partial charge in [0.1, 0.15) is 24.3 Å². The van der Waals surface area contributed by atoms with Crippen LogP contribution in [-0.2, 0) is 35.2 Å². The van der Waals surface area contributed by atoms with Crippen LogP contribution in [0, 0.1) is 5.92 Å². The molecule has 0 radical (unpaired) electrons. The van der Waals surface area contributed by atoms with E-state index in [1.165, 1.54) is 31.4 Å². The third-order valence-corrected chi connectivity index (χ3v) is 7.67. The summed E-state index contributed by atoms with van der Waals surface area (Å²) < 4.78 is 0. The van der Waals surface area contributed by atoms with Crippen molar-refractivity contribution in [1.29, 1.82) is 0 Å². The number of nitrogens with zero attached hydrogens (tertiary/aromatic N) is 2. The molecule has 1 unspecified atom stereocenters. The zero-order valence-electron chi connectivity index (χ0n) is 28.3. The van der Waals surface area contributed by atoms with E-state index in [1.54, 1.807) is 31.3 Å². The molecule has 268 valence electrons. The Morgan fingerprint density at radius 1 is 0.959 bits per heavy atom. The topological polar surface area (TPSA) is 217 Å². The normalized spacial score (nSPS) is 12.8. The molecular formula is C33H49N8O7P. The van der Waals surface area contributed by atoms with Crippen LogP contribution in [0.4, 0.5) is 0 Å². The molecule has 1 aliphatic rings. The highest BCUT2D eigenvalue weighted by Crippen LogP contribution is 2.26. The predicted molar refractivity (Wildman–Crippen MR) is 187 cm³/mol. The summed E-state index contributed by atoms with van der Waals surface area (Å²) in [7, 11) is 1.64. The molecule has 1 heterocycles. The summed E-state index contributed by atoms with van der Waals surface area (Å²) in [6.07, 6.45) is 10.4. The summed E-state index contributed by atoms with van der Waals surface area (Å²) in [4.78, 5) is 88.4. The van der Waals surface area contributed by atoms with E-state index >= 15 is 0 Å².